The third kappa shape index (κ3) is 4.04. The Labute approximate surface area is 190 Å². The van der Waals surface area contributed by atoms with Gasteiger partial charge in [-0.1, -0.05) is 55.8 Å². The van der Waals surface area contributed by atoms with Crippen LogP contribution in [0.5, 0.6) is 11.5 Å². The van der Waals surface area contributed by atoms with Gasteiger partial charge in [0.05, 0.1) is 19.4 Å². The molecule has 0 radical (unpaired) electrons. The molecule has 0 fully saturated rings. The highest BCUT2D eigenvalue weighted by molar-refractivity contribution is 5.70. The molecule has 1 aliphatic rings. The van der Waals surface area contributed by atoms with E-state index in [1.165, 1.54) is 4.57 Å². The molecule has 0 N–H and O–H groups in total. The van der Waals surface area contributed by atoms with Gasteiger partial charge in [-0.05, 0) is 24.1 Å². The van der Waals surface area contributed by atoms with Crippen LogP contribution >= 0.6 is 0 Å². The second-order valence-electron chi connectivity index (χ2n) is 8.23. The van der Waals surface area contributed by atoms with Crippen LogP contribution in [0.1, 0.15) is 25.3 Å². The van der Waals surface area contributed by atoms with Crippen molar-refractivity contribution in [2.75, 3.05) is 6.61 Å². The largest absolute Gasteiger partial charge is 0.486 e. The Hall–Kier alpha value is -3.81. The highest BCUT2D eigenvalue weighted by atomic mass is 16.6. The molecule has 3 heterocycles. The topological polar surface area (TPSA) is 80.3 Å². The van der Waals surface area contributed by atoms with E-state index < -0.39 is 11.8 Å². The number of imidazole rings is 1. The van der Waals surface area contributed by atoms with E-state index in [0.29, 0.717) is 35.8 Å². The van der Waals surface area contributed by atoms with Crippen LogP contribution in [0.25, 0.3) is 11.2 Å². The number of para-hydroxylation sites is 2. The molecule has 170 valence electrons. The highest BCUT2D eigenvalue weighted by Gasteiger charge is 2.25. The van der Waals surface area contributed by atoms with Crippen LogP contribution in [-0.4, -0.2) is 31.4 Å². The Kier molecular flexibility index (Phi) is 5.73. The first-order valence-electron chi connectivity index (χ1n) is 11.3. The molecule has 0 amide bonds. The van der Waals surface area contributed by atoms with Gasteiger partial charge in [-0.2, -0.15) is 0 Å². The van der Waals surface area contributed by atoms with Gasteiger partial charge in [0.1, 0.15) is 6.61 Å². The predicted molar refractivity (Wildman–Crippen MR) is 125 cm³/mol. The molecule has 1 atom stereocenters. The fourth-order valence-electron chi connectivity index (χ4n) is 4.16. The zero-order valence-electron chi connectivity index (χ0n) is 18.5. The van der Waals surface area contributed by atoms with Crippen molar-refractivity contribution in [1.82, 2.24) is 18.7 Å². The summed E-state index contributed by atoms with van der Waals surface area (Å²) in [4.78, 5) is 31.5. The van der Waals surface area contributed by atoms with Crippen molar-refractivity contribution in [3.8, 4) is 11.5 Å². The number of aromatic nitrogens is 4. The van der Waals surface area contributed by atoms with E-state index in [9.17, 15) is 9.59 Å². The number of aryl methyl sites for hydroxylation is 1. The van der Waals surface area contributed by atoms with E-state index >= 15 is 0 Å². The lowest BCUT2D eigenvalue weighted by Gasteiger charge is -2.26. The molecular formula is C25H26N4O4. The number of rotatable bonds is 7. The van der Waals surface area contributed by atoms with Gasteiger partial charge in [0.25, 0.3) is 5.56 Å². The molecule has 33 heavy (non-hydrogen) atoms. The molecule has 8 nitrogen and oxygen atoms in total. The molecule has 8 heteroatoms. The Morgan fingerprint density at radius 1 is 1.00 bits per heavy atom. The molecule has 0 saturated carbocycles. The first-order chi connectivity index (χ1) is 16.2. The number of hydrogen-bond donors (Lipinski definition) is 0. The van der Waals surface area contributed by atoms with Crippen LogP contribution in [0.3, 0.4) is 0 Å². The van der Waals surface area contributed by atoms with Crippen LogP contribution in [0.4, 0.5) is 0 Å². The minimum atomic E-state index is -0.458. The zero-order chi connectivity index (χ0) is 22.8. The Morgan fingerprint density at radius 3 is 2.55 bits per heavy atom. The summed E-state index contributed by atoms with van der Waals surface area (Å²) in [6.07, 6.45) is 3.10. The maximum atomic E-state index is 13.5. The third-order valence-electron chi connectivity index (χ3n) is 5.87. The van der Waals surface area contributed by atoms with Gasteiger partial charge in [0, 0.05) is 6.54 Å². The smallest absolute Gasteiger partial charge is 0.333 e. The first kappa shape index (κ1) is 21.1. The van der Waals surface area contributed by atoms with E-state index in [2.05, 4.69) is 11.9 Å². The first-order valence-corrected chi connectivity index (χ1v) is 11.3. The molecule has 1 aliphatic heterocycles. The average Bonchev–Trinajstić information content (AvgIpc) is 3.27. The number of nitrogens with zero attached hydrogens (tertiary/aromatic N) is 4. The van der Waals surface area contributed by atoms with E-state index in [1.807, 2.05) is 59.2 Å². The molecule has 0 spiro atoms. The minimum absolute atomic E-state index is 0.0929. The molecule has 0 bridgehead atoms. The van der Waals surface area contributed by atoms with E-state index in [4.69, 9.17) is 9.47 Å². The summed E-state index contributed by atoms with van der Waals surface area (Å²) in [6, 6.07) is 17.1. The van der Waals surface area contributed by atoms with E-state index in [1.54, 1.807) is 10.9 Å². The van der Waals surface area contributed by atoms with Gasteiger partial charge in [-0.15, -0.1) is 0 Å². The number of benzene rings is 2. The maximum absolute atomic E-state index is 13.5. The lowest BCUT2D eigenvalue weighted by molar-refractivity contribution is 0.0766. The van der Waals surface area contributed by atoms with Gasteiger partial charge >= 0.3 is 5.69 Å². The zero-order valence-corrected chi connectivity index (χ0v) is 18.5. The summed E-state index contributed by atoms with van der Waals surface area (Å²) in [5, 5.41) is 0. The molecule has 2 aromatic heterocycles. The van der Waals surface area contributed by atoms with Crippen LogP contribution in [0.15, 0.2) is 70.5 Å². The van der Waals surface area contributed by atoms with Crippen LogP contribution in [0.2, 0.25) is 0 Å². The molecule has 0 saturated heterocycles. The Balaban J connectivity index is 1.58. The molecular weight excluding hydrogens is 420 g/mol. The standard InChI is InChI=1S/C25H26N4O4/c1-2-3-13-27-17-26-23-22(27)24(30)29(25(31)28(23)14-18-9-5-4-6-10-18)15-19-16-32-20-11-7-8-12-21(20)33-19/h4-12,17,19H,2-3,13-16H2,1H3. The number of hydrogen-bond acceptors (Lipinski definition) is 5. The van der Waals surface area contributed by atoms with Crippen LogP contribution < -0.4 is 20.7 Å². The number of fused-ring (bicyclic) bond motifs is 2. The average molecular weight is 447 g/mol. The second kappa shape index (κ2) is 8.97. The second-order valence-corrected chi connectivity index (χ2v) is 8.23. The van der Waals surface area contributed by atoms with Gasteiger partial charge in [-0.3, -0.25) is 13.9 Å². The van der Waals surface area contributed by atoms with Crippen molar-refractivity contribution in [2.24, 2.45) is 0 Å². The Morgan fingerprint density at radius 2 is 1.76 bits per heavy atom. The molecule has 1 unspecified atom stereocenters. The van der Waals surface area contributed by atoms with E-state index in [0.717, 1.165) is 18.4 Å². The molecule has 4 aromatic rings. The van der Waals surface area contributed by atoms with E-state index in [-0.39, 0.29) is 18.7 Å². The van der Waals surface area contributed by atoms with Gasteiger partial charge < -0.3 is 14.0 Å². The van der Waals surface area contributed by atoms with Crippen molar-refractivity contribution < 1.29 is 9.47 Å². The third-order valence-corrected chi connectivity index (χ3v) is 5.87. The fraction of sp³-hybridized carbons (Fsp3) is 0.320. The van der Waals surface area contributed by atoms with Crippen LogP contribution in [0, 0.1) is 0 Å². The van der Waals surface area contributed by atoms with Crippen molar-refractivity contribution in [3.63, 3.8) is 0 Å². The quantitative estimate of drug-likeness (QED) is 0.436. The maximum Gasteiger partial charge on any atom is 0.333 e. The summed E-state index contributed by atoms with van der Waals surface area (Å²) in [5.74, 6) is 1.27. The summed E-state index contributed by atoms with van der Waals surface area (Å²) < 4.78 is 16.5. The van der Waals surface area contributed by atoms with Crippen molar-refractivity contribution >= 4 is 11.2 Å². The molecule has 0 aliphatic carbocycles. The minimum Gasteiger partial charge on any atom is -0.486 e. The van der Waals surface area contributed by atoms with Gasteiger partial charge in [-0.25, -0.2) is 9.78 Å². The molecule has 2 aromatic carbocycles. The lowest BCUT2D eigenvalue weighted by Crippen LogP contribution is -2.46. The number of ether oxygens (including phenoxy) is 2. The fourth-order valence-corrected chi connectivity index (χ4v) is 4.16. The monoisotopic (exact) mass is 446 g/mol. The predicted octanol–water partition coefficient (Wildman–Crippen LogP) is 3.05. The SMILES string of the molecule is CCCCn1cnc2c1c(=O)n(CC1COc3ccccc3O1)c(=O)n2Cc1ccccc1. The summed E-state index contributed by atoms with van der Waals surface area (Å²) in [6.45, 7) is 3.44. The van der Waals surface area contributed by atoms with Crippen molar-refractivity contribution in [2.45, 2.75) is 45.5 Å². The van der Waals surface area contributed by atoms with Gasteiger partial charge in [0.15, 0.2) is 28.8 Å². The summed E-state index contributed by atoms with van der Waals surface area (Å²) in [5.41, 5.74) is 1.05. The van der Waals surface area contributed by atoms with Gasteiger partial charge in [0.2, 0.25) is 0 Å². The van der Waals surface area contributed by atoms with Crippen molar-refractivity contribution in [3.05, 3.63) is 87.3 Å². The highest BCUT2D eigenvalue weighted by Crippen LogP contribution is 2.31. The molecule has 5 rings (SSSR count). The van der Waals surface area contributed by atoms with Crippen molar-refractivity contribution in [1.29, 1.82) is 0 Å². The summed E-state index contributed by atoms with van der Waals surface area (Å²) in [7, 11) is 0. The Bertz CT molecular complexity index is 1390. The summed E-state index contributed by atoms with van der Waals surface area (Å²) >= 11 is 0. The number of unbranched alkanes of at least 4 members (excludes halogenated alkanes) is 1. The normalized spacial score (nSPS) is 15.1. The lowest BCUT2D eigenvalue weighted by atomic mass is 10.2. The van der Waals surface area contributed by atoms with Crippen LogP contribution in [-0.2, 0) is 19.6 Å².